The van der Waals surface area contributed by atoms with Crippen LogP contribution in [-0.2, 0) is 0 Å². The molecule has 2 N–H and O–H groups in total. The Bertz CT molecular complexity index is 259. The van der Waals surface area contributed by atoms with Crippen LogP contribution in [-0.4, -0.2) is 33.5 Å². The molecule has 0 aliphatic carbocycles. The van der Waals surface area contributed by atoms with E-state index in [4.69, 9.17) is 5.11 Å². The zero-order chi connectivity index (χ0) is 9.68. The molecular weight excluding hydrogens is 186 g/mol. The number of carbonyl (C=O) groups is 1. The molecule has 0 spiro atoms. The molecule has 1 atom stereocenters. The number of nitrogens with one attached hydrogen (secondary N) is 1. The van der Waals surface area contributed by atoms with E-state index in [2.05, 4.69) is 4.98 Å². The van der Waals surface area contributed by atoms with Gasteiger partial charge in [0.2, 0.25) is 0 Å². The summed E-state index contributed by atoms with van der Waals surface area (Å²) in [6.45, 7) is 2.01. The Kier molecular flexibility index (Phi) is 4.05. The number of hydrogen-bond acceptors (Lipinski definition) is 3. The van der Waals surface area contributed by atoms with Crippen LogP contribution in [0.4, 0.5) is 0 Å². The van der Waals surface area contributed by atoms with Crippen molar-refractivity contribution in [1.82, 2.24) is 4.98 Å². The van der Waals surface area contributed by atoms with Gasteiger partial charge in [-0.1, -0.05) is 6.92 Å². The Morgan fingerprint density at radius 3 is 3.08 bits per heavy atom. The summed E-state index contributed by atoms with van der Waals surface area (Å²) in [4.78, 5) is 14.2. The van der Waals surface area contributed by atoms with Gasteiger partial charge in [0.25, 0.3) is 0 Å². The van der Waals surface area contributed by atoms with Gasteiger partial charge in [0, 0.05) is 11.4 Å². The van der Waals surface area contributed by atoms with E-state index < -0.39 is 0 Å². The van der Waals surface area contributed by atoms with Gasteiger partial charge < -0.3 is 10.1 Å². The maximum absolute atomic E-state index is 11.4. The van der Waals surface area contributed by atoms with Gasteiger partial charge in [-0.3, -0.25) is 4.79 Å². The van der Waals surface area contributed by atoms with Gasteiger partial charge in [-0.2, -0.15) is 0 Å². The van der Waals surface area contributed by atoms with Gasteiger partial charge in [0.05, 0.1) is 18.1 Å². The number of Topliss-reactive ketones (excluding diaryl/α,β-unsaturated/α-hetero) is 1. The predicted molar refractivity (Wildman–Crippen MR) is 54.1 cm³/mol. The van der Waals surface area contributed by atoms with Crippen molar-refractivity contribution in [3.63, 3.8) is 0 Å². The molecule has 0 aliphatic heterocycles. The maximum Gasteiger partial charge on any atom is 0.188 e. The maximum atomic E-state index is 11.4. The van der Waals surface area contributed by atoms with Gasteiger partial charge in [-0.05, 0) is 12.1 Å². The fourth-order valence-electron chi connectivity index (χ4n) is 0.852. The van der Waals surface area contributed by atoms with E-state index in [0.29, 0.717) is 11.4 Å². The summed E-state index contributed by atoms with van der Waals surface area (Å²) in [5, 5.41) is 8.86. The summed E-state index contributed by atoms with van der Waals surface area (Å²) in [5.41, 5.74) is 0.637. The summed E-state index contributed by atoms with van der Waals surface area (Å²) < 4.78 is 0. The summed E-state index contributed by atoms with van der Waals surface area (Å²) in [7, 11) is 0. The van der Waals surface area contributed by atoms with E-state index in [9.17, 15) is 4.79 Å². The van der Waals surface area contributed by atoms with Gasteiger partial charge in [0.1, 0.15) is 0 Å². The van der Waals surface area contributed by atoms with Crippen molar-refractivity contribution in [3.05, 3.63) is 24.0 Å². The zero-order valence-corrected chi connectivity index (χ0v) is 8.30. The van der Waals surface area contributed by atoms with Crippen molar-refractivity contribution in [3.8, 4) is 0 Å². The number of carbonyl (C=O) groups excluding carboxylic acids is 1. The molecule has 4 heteroatoms. The second-order valence-electron chi connectivity index (χ2n) is 2.81. The Balaban J connectivity index is 2.35. The number of aromatic nitrogens is 1. The monoisotopic (exact) mass is 199 g/mol. The smallest absolute Gasteiger partial charge is 0.188 e. The highest BCUT2D eigenvalue weighted by Crippen LogP contribution is 2.11. The van der Waals surface area contributed by atoms with E-state index in [0.717, 1.165) is 0 Å². The average Bonchev–Trinajstić information content (AvgIpc) is 2.66. The van der Waals surface area contributed by atoms with Crippen LogP contribution in [0, 0.1) is 0 Å². The average molecular weight is 199 g/mol. The summed E-state index contributed by atoms with van der Waals surface area (Å²) >= 11 is 1.46. The van der Waals surface area contributed by atoms with Gasteiger partial charge >= 0.3 is 0 Å². The first-order valence-electron chi connectivity index (χ1n) is 4.13. The third-order valence-corrected chi connectivity index (χ3v) is 2.80. The molecule has 0 radical (unpaired) electrons. The van der Waals surface area contributed by atoms with Crippen LogP contribution >= 0.6 is 11.8 Å². The van der Waals surface area contributed by atoms with Crippen molar-refractivity contribution in [1.29, 1.82) is 0 Å². The number of rotatable bonds is 5. The third kappa shape index (κ3) is 3.24. The Hall–Kier alpha value is -0.740. The highest BCUT2D eigenvalue weighted by molar-refractivity contribution is 8.00. The third-order valence-electron chi connectivity index (χ3n) is 1.65. The highest BCUT2D eigenvalue weighted by atomic mass is 32.2. The molecule has 13 heavy (non-hydrogen) atoms. The van der Waals surface area contributed by atoms with E-state index in [-0.39, 0.29) is 17.6 Å². The number of hydrogen-bond donors (Lipinski definition) is 2. The second-order valence-corrected chi connectivity index (χ2v) is 4.24. The van der Waals surface area contributed by atoms with Crippen LogP contribution in [0.15, 0.2) is 18.3 Å². The summed E-state index contributed by atoms with van der Waals surface area (Å²) in [6, 6.07) is 3.56. The van der Waals surface area contributed by atoms with Crippen molar-refractivity contribution in [2.75, 3.05) is 12.4 Å². The van der Waals surface area contributed by atoms with E-state index in [1.807, 2.05) is 6.92 Å². The number of aromatic amines is 1. The lowest BCUT2D eigenvalue weighted by molar-refractivity contribution is 0.101. The van der Waals surface area contributed by atoms with Crippen molar-refractivity contribution in [2.24, 2.45) is 0 Å². The van der Waals surface area contributed by atoms with Gasteiger partial charge in [-0.25, -0.2) is 0 Å². The lowest BCUT2D eigenvalue weighted by Crippen LogP contribution is -2.09. The molecule has 1 heterocycles. The number of aliphatic hydroxyl groups is 1. The second kappa shape index (κ2) is 5.09. The van der Waals surface area contributed by atoms with Crippen LogP contribution < -0.4 is 0 Å². The predicted octanol–water partition coefficient (Wildman–Crippen LogP) is 1.31. The van der Waals surface area contributed by atoms with E-state index in [1.54, 1.807) is 18.3 Å². The summed E-state index contributed by atoms with van der Waals surface area (Å²) in [5.74, 6) is 0.498. The first-order chi connectivity index (χ1) is 6.24. The Morgan fingerprint density at radius 2 is 2.54 bits per heavy atom. The number of thioether (sulfide) groups is 1. The largest absolute Gasteiger partial charge is 0.395 e. The van der Waals surface area contributed by atoms with Crippen LogP contribution in [0.1, 0.15) is 17.4 Å². The van der Waals surface area contributed by atoms with E-state index in [1.165, 1.54) is 11.8 Å². The molecule has 3 nitrogen and oxygen atoms in total. The number of H-pyrrole nitrogens is 1. The molecule has 0 saturated carbocycles. The van der Waals surface area contributed by atoms with Crippen LogP contribution in [0.5, 0.6) is 0 Å². The molecule has 0 aliphatic rings. The molecule has 1 rings (SSSR count). The minimum absolute atomic E-state index is 0.0790. The Morgan fingerprint density at radius 1 is 1.77 bits per heavy atom. The molecule has 1 aromatic heterocycles. The summed E-state index contributed by atoms with van der Waals surface area (Å²) in [6.07, 6.45) is 1.73. The molecule has 72 valence electrons. The van der Waals surface area contributed by atoms with E-state index >= 15 is 0 Å². The van der Waals surface area contributed by atoms with Crippen molar-refractivity contribution >= 4 is 17.5 Å². The fourth-order valence-corrected chi connectivity index (χ4v) is 1.55. The fraction of sp³-hybridized carbons (Fsp3) is 0.444. The lowest BCUT2D eigenvalue weighted by atomic mass is 10.3. The number of aliphatic hydroxyl groups excluding tert-OH is 1. The minimum atomic E-state index is 0.0790. The number of ketones is 1. The first-order valence-corrected chi connectivity index (χ1v) is 5.18. The van der Waals surface area contributed by atoms with Gasteiger partial charge in [-0.15, -0.1) is 11.8 Å². The molecule has 0 bridgehead atoms. The van der Waals surface area contributed by atoms with Crippen LogP contribution in [0.2, 0.25) is 0 Å². The van der Waals surface area contributed by atoms with Gasteiger partial charge in [0.15, 0.2) is 5.78 Å². The molecule has 0 saturated heterocycles. The molecule has 0 fully saturated rings. The Labute approximate surface area is 81.5 Å². The molecule has 1 unspecified atom stereocenters. The molecule has 0 aromatic carbocycles. The lowest BCUT2D eigenvalue weighted by Gasteiger charge is -2.05. The van der Waals surface area contributed by atoms with Crippen molar-refractivity contribution in [2.45, 2.75) is 12.2 Å². The highest BCUT2D eigenvalue weighted by Gasteiger charge is 2.08. The minimum Gasteiger partial charge on any atom is -0.395 e. The van der Waals surface area contributed by atoms with Crippen LogP contribution in [0.25, 0.3) is 0 Å². The first kappa shape index (κ1) is 10.3. The zero-order valence-electron chi connectivity index (χ0n) is 7.49. The topological polar surface area (TPSA) is 53.1 Å². The standard InChI is InChI=1S/C9H13NO2S/c1-7(5-11)13-6-9(12)8-3-2-4-10-8/h2-4,7,10-11H,5-6H2,1H3. The van der Waals surface area contributed by atoms with Crippen molar-refractivity contribution < 1.29 is 9.90 Å². The van der Waals surface area contributed by atoms with Crippen LogP contribution in [0.3, 0.4) is 0 Å². The quantitative estimate of drug-likeness (QED) is 0.703. The SMILES string of the molecule is CC(CO)SCC(=O)c1ccc[nH]1. The molecular formula is C9H13NO2S. The normalized spacial score (nSPS) is 12.8. The molecule has 1 aromatic rings. The molecule has 0 amide bonds.